The summed E-state index contributed by atoms with van der Waals surface area (Å²) in [5, 5.41) is 5.74. The zero-order valence-electron chi connectivity index (χ0n) is 13.0. The number of benzene rings is 1. The summed E-state index contributed by atoms with van der Waals surface area (Å²) in [5.74, 6) is -0.298. The van der Waals surface area contributed by atoms with Gasteiger partial charge in [-0.25, -0.2) is 9.18 Å². The fraction of sp³-hybridized carbons (Fsp3) is 0.562. The Morgan fingerprint density at radius 2 is 2.14 bits per heavy atom. The molecule has 2 rings (SSSR count). The molecule has 6 heteroatoms. The number of halogens is 1. The number of methoxy groups -OCH3 is 1. The Morgan fingerprint density at radius 1 is 1.41 bits per heavy atom. The van der Waals surface area contributed by atoms with E-state index >= 15 is 0 Å². The Kier molecular flexibility index (Phi) is 6.15. The predicted molar refractivity (Wildman–Crippen MR) is 81.1 cm³/mol. The standard InChI is InChI=1S/C16H23FN2O3/c1-11(10-21-2)18-16(20)19-15(14-4-3-9-22-14)12-5-7-13(17)8-6-12/h5-8,11,14-15H,3-4,9-10H2,1-2H3,(H2,18,19,20). The van der Waals surface area contributed by atoms with Crippen molar-refractivity contribution in [2.45, 2.75) is 38.0 Å². The normalized spacial score (nSPS) is 20.4. The van der Waals surface area contributed by atoms with Gasteiger partial charge in [0.15, 0.2) is 0 Å². The molecule has 1 fully saturated rings. The first-order valence-electron chi connectivity index (χ1n) is 7.53. The zero-order valence-corrected chi connectivity index (χ0v) is 13.0. The number of hydrogen-bond acceptors (Lipinski definition) is 3. The van der Waals surface area contributed by atoms with E-state index in [2.05, 4.69) is 10.6 Å². The molecule has 0 bridgehead atoms. The quantitative estimate of drug-likeness (QED) is 0.848. The van der Waals surface area contributed by atoms with E-state index in [0.717, 1.165) is 18.4 Å². The highest BCUT2D eigenvalue weighted by Crippen LogP contribution is 2.27. The third kappa shape index (κ3) is 4.68. The molecular weight excluding hydrogens is 287 g/mol. The molecule has 2 amide bonds. The minimum atomic E-state index is -0.298. The molecule has 1 aliphatic rings. The van der Waals surface area contributed by atoms with Gasteiger partial charge in [-0.15, -0.1) is 0 Å². The predicted octanol–water partition coefficient (Wildman–Crippen LogP) is 2.38. The minimum absolute atomic E-state index is 0.0889. The van der Waals surface area contributed by atoms with Gasteiger partial charge in [0.05, 0.1) is 24.8 Å². The molecule has 1 aliphatic heterocycles. The summed E-state index contributed by atoms with van der Waals surface area (Å²) >= 11 is 0. The molecule has 122 valence electrons. The van der Waals surface area contributed by atoms with Gasteiger partial charge >= 0.3 is 6.03 Å². The Bertz CT molecular complexity index is 475. The number of nitrogens with one attached hydrogen (secondary N) is 2. The lowest BCUT2D eigenvalue weighted by atomic mass is 9.99. The largest absolute Gasteiger partial charge is 0.383 e. The number of rotatable bonds is 6. The van der Waals surface area contributed by atoms with E-state index in [1.807, 2.05) is 6.92 Å². The van der Waals surface area contributed by atoms with Crippen LogP contribution in [0.4, 0.5) is 9.18 Å². The van der Waals surface area contributed by atoms with Crippen molar-refractivity contribution < 1.29 is 18.7 Å². The van der Waals surface area contributed by atoms with Crippen LogP contribution in [0, 0.1) is 5.82 Å². The smallest absolute Gasteiger partial charge is 0.315 e. The summed E-state index contributed by atoms with van der Waals surface area (Å²) in [6.45, 7) is 2.99. The molecule has 1 saturated heterocycles. The van der Waals surface area contributed by atoms with Gasteiger partial charge in [0.25, 0.3) is 0 Å². The van der Waals surface area contributed by atoms with E-state index in [-0.39, 0.29) is 30.0 Å². The van der Waals surface area contributed by atoms with Gasteiger partial charge in [-0.3, -0.25) is 0 Å². The summed E-state index contributed by atoms with van der Waals surface area (Å²) in [6.07, 6.45) is 1.75. The van der Waals surface area contributed by atoms with Crippen LogP contribution in [0.1, 0.15) is 31.4 Å². The average Bonchev–Trinajstić information content (AvgIpc) is 3.00. The van der Waals surface area contributed by atoms with Gasteiger partial charge in [0.2, 0.25) is 0 Å². The maximum atomic E-state index is 13.1. The lowest BCUT2D eigenvalue weighted by Crippen LogP contribution is -2.46. The van der Waals surface area contributed by atoms with Crippen molar-refractivity contribution in [3.8, 4) is 0 Å². The number of urea groups is 1. The Hall–Kier alpha value is -1.66. The third-order valence-corrected chi connectivity index (χ3v) is 3.65. The van der Waals surface area contributed by atoms with Crippen molar-refractivity contribution in [3.63, 3.8) is 0 Å². The maximum Gasteiger partial charge on any atom is 0.315 e. The third-order valence-electron chi connectivity index (χ3n) is 3.65. The van der Waals surface area contributed by atoms with Crippen LogP contribution >= 0.6 is 0 Å². The first-order valence-corrected chi connectivity index (χ1v) is 7.53. The Morgan fingerprint density at radius 3 is 2.73 bits per heavy atom. The second-order valence-corrected chi connectivity index (χ2v) is 5.55. The summed E-state index contributed by atoms with van der Waals surface area (Å²) < 4.78 is 23.8. The molecule has 2 N–H and O–H groups in total. The van der Waals surface area contributed by atoms with Crippen molar-refractivity contribution in [1.82, 2.24) is 10.6 Å². The highest BCUT2D eigenvalue weighted by Gasteiger charge is 2.29. The second-order valence-electron chi connectivity index (χ2n) is 5.55. The molecule has 22 heavy (non-hydrogen) atoms. The second kappa shape index (κ2) is 8.10. The van der Waals surface area contributed by atoms with Crippen molar-refractivity contribution in [1.29, 1.82) is 0 Å². The van der Waals surface area contributed by atoms with Crippen molar-refractivity contribution in [3.05, 3.63) is 35.6 Å². The first-order chi connectivity index (χ1) is 10.6. The van der Waals surface area contributed by atoms with Gasteiger partial charge in [-0.05, 0) is 37.5 Å². The zero-order chi connectivity index (χ0) is 15.9. The van der Waals surface area contributed by atoms with Gasteiger partial charge in [-0.2, -0.15) is 0 Å². The van der Waals surface area contributed by atoms with E-state index in [4.69, 9.17) is 9.47 Å². The van der Waals surface area contributed by atoms with E-state index in [9.17, 15) is 9.18 Å². The van der Waals surface area contributed by atoms with Gasteiger partial charge < -0.3 is 20.1 Å². The monoisotopic (exact) mass is 310 g/mol. The highest BCUT2D eigenvalue weighted by molar-refractivity contribution is 5.74. The molecule has 3 atom stereocenters. The van der Waals surface area contributed by atoms with Crippen LogP contribution in [0.5, 0.6) is 0 Å². The van der Waals surface area contributed by atoms with Crippen LogP contribution in [-0.4, -0.2) is 38.5 Å². The van der Waals surface area contributed by atoms with Crippen LogP contribution in [-0.2, 0) is 9.47 Å². The molecule has 1 heterocycles. The van der Waals surface area contributed by atoms with Gasteiger partial charge in [0, 0.05) is 13.7 Å². The molecule has 5 nitrogen and oxygen atoms in total. The van der Waals surface area contributed by atoms with E-state index in [1.165, 1.54) is 12.1 Å². The van der Waals surface area contributed by atoms with Crippen LogP contribution in [0.15, 0.2) is 24.3 Å². The molecule has 1 aromatic rings. The van der Waals surface area contributed by atoms with Crippen molar-refractivity contribution in [2.24, 2.45) is 0 Å². The van der Waals surface area contributed by atoms with E-state index in [0.29, 0.717) is 13.2 Å². The molecule has 0 aliphatic carbocycles. The topological polar surface area (TPSA) is 59.6 Å². The lowest BCUT2D eigenvalue weighted by molar-refractivity contribution is 0.0802. The van der Waals surface area contributed by atoms with Crippen LogP contribution in [0.3, 0.4) is 0 Å². The maximum absolute atomic E-state index is 13.1. The summed E-state index contributed by atoms with van der Waals surface area (Å²) in [6, 6.07) is 5.48. The van der Waals surface area contributed by atoms with E-state index < -0.39 is 0 Å². The highest BCUT2D eigenvalue weighted by atomic mass is 19.1. The average molecular weight is 310 g/mol. The van der Waals surface area contributed by atoms with Crippen LogP contribution in [0.2, 0.25) is 0 Å². The summed E-state index contributed by atoms with van der Waals surface area (Å²) in [7, 11) is 1.59. The number of carbonyl (C=O) groups excluding carboxylic acids is 1. The Balaban J connectivity index is 2.04. The van der Waals surface area contributed by atoms with Gasteiger partial charge in [0.1, 0.15) is 5.82 Å². The molecule has 0 spiro atoms. The molecule has 0 radical (unpaired) electrons. The number of carbonyl (C=O) groups is 1. The minimum Gasteiger partial charge on any atom is -0.383 e. The number of hydrogen-bond donors (Lipinski definition) is 2. The van der Waals surface area contributed by atoms with Crippen molar-refractivity contribution >= 4 is 6.03 Å². The summed E-state index contributed by atoms with van der Waals surface area (Å²) in [5.41, 5.74) is 0.836. The number of amides is 2. The molecule has 0 aromatic heterocycles. The lowest BCUT2D eigenvalue weighted by Gasteiger charge is -2.25. The van der Waals surface area contributed by atoms with Gasteiger partial charge in [-0.1, -0.05) is 12.1 Å². The van der Waals surface area contributed by atoms with Crippen LogP contribution < -0.4 is 10.6 Å². The molecular formula is C16H23FN2O3. The first kappa shape index (κ1) is 16.7. The summed E-state index contributed by atoms with van der Waals surface area (Å²) in [4.78, 5) is 12.1. The molecule has 0 saturated carbocycles. The fourth-order valence-electron chi connectivity index (χ4n) is 2.62. The fourth-order valence-corrected chi connectivity index (χ4v) is 2.62. The Labute approximate surface area is 130 Å². The van der Waals surface area contributed by atoms with Crippen LogP contribution in [0.25, 0.3) is 0 Å². The molecule has 1 aromatic carbocycles. The SMILES string of the molecule is COCC(C)NC(=O)NC(c1ccc(F)cc1)C1CCCO1. The molecule has 3 unspecified atom stereocenters. The number of ether oxygens (including phenoxy) is 2. The van der Waals surface area contributed by atoms with Crippen molar-refractivity contribution in [2.75, 3.05) is 20.3 Å². The van der Waals surface area contributed by atoms with E-state index in [1.54, 1.807) is 19.2 Å².